The van der Waals surface area contributed by atoms with Crippen LogP contribution in [-0.2, 0) is 0 Å². The van der Waals surface area contributed by atoms with E-state index in [0.29, 0.717) is 5.92 Å². The summed E-state index contributed by atoms with van der Waals surface area (Å²) < 4.78 is 2.10. The Labute approximate surface area is 81.4 Å². The molecule has 0 aliphatic carbocycles. The van der Waals surface area contributed by atoms with Crippen LogP contribution in [-0.4, -0.2) is 16.4 Å². The van der Waals surface area contributed by atoms with Gasteiger partial charge in [0, 0.05) is 18.6 Å². The molecule has 0 aliphatic rings. The molecule has 0 radical (unpaired) electrons. The molecule has 4 heteroatoms. The topological polar surface area (TPSA) is 29.3 Å². The van der Waals surface area contributed by atoms with Gasteiger partial charge in [0.2, 0.25) is 0 Å². The molecule has 2 rings (SSSR count). The molecule has 0 spiro atoms. The number of anilines is 1. The number of thiazole rings is 1. The van der Waals surface area contributed by atoms with E-state index in [4.69, 9.17) is 0 Å². The van der Waals surface area contributed by atoms with E-state index in [2.05, 4.69) is 28.5 Å². The van der Waals surface area contributed by atoms with Crippen LogP contribution in [0.25, 0.3) is 4.96 Å². The summed E-state index contributed by atoms with van der Waals surface area (Å²) in [5.74, 6) is 1.58. The average Bonchev–Trinajstić information content (AvgIpc) is 2.60. The third-order valence-corrected chi connectivity index (χ3v) is 2.83. The van der Waals surface area contributed by atoms with Gasteiger partial charge in [0.1, 0.15) is 5.82 Å². The van der Waals surface area contributed by atoms with Crippen LogP contribution in [0.4, 0.5) is 5.82 Å². The fraction of sp³-hybridized carbons (Fsp3) is 0.444. The van der Waals surface area contributed by atoms with Crippen LogP contribution in [0.1, 0.15) is 25.5 Å². The van der Waals surface area contributed by atoms with Gasteiger partial charge in [-0.2, -0.15) is 0 Å². The molecule has 3 nitrogen and oxygen atoms in total. The molecule has 0 saturated carbocycles. The second-order valence-corrected chi connectivity index (χ2v) is 4.18. The van der Waals surface area contributed by atoms with E-state index >= 15 is 0 Å². The highest BCUT2D eigenvalue weighted by Gasteiger charge is 2.13. The number of hydrogen-bond donors (Lipinski definition) is 1. The van der Waals surface area contributed by atoms with Crippen LogP contribution >= 0.6 is 11.3 Å². The number of nitrogens with one attached hydrogen (secondary N) is 1. The van der Waals surface area contributed by atoms with Crippen molar-refractivity contribution in [1.82, 2.24) is 9.38 Å². The fourth-order valence-electron chi connectivity index (χ4n) is 1.45. The summed E-state index contributed by atoms with van der Waals surface area (Å²) in [5.41, 5.74) is 1.15. The van der Waals surface area contributed by atoms with E-state index in [1.54, 1.807) is 11.3 Å². The van der Waals surface area contributed by atoms with Gasteiger partial charge in [-0.1, -0.05) is 13.8 Å². The van der Waals surface area contributed by atoms with Gasteiger partial charge in [-0.25, -0.2) is 4.98 Å². The van der Waals surface area contributed by atoms with Gasteiger partial charge in [0.25, 0.3) is 0 Å². The smallest absolute Gasteiger partial charge is 0.195 e. The van der Waals surface area contributed by atoms with Crippen LogP contribution in [0.3, 0.4) is 0 Å². The molecule has 0 amide bonds. The molecule has 1 N–H and O–H groups in total. The first kappa shape index (κ1) is 8.56. The fourth-order valence-corrected chi connectivity index (χ4v) is 2.17. The first-order valence-corrected chi connectivity index (χ1v) is 5.25. The third-order valence-electron chi connectivity index (χ3n) is 2.07. The van der Waals surface area contributed by atoms with Crippen molar-refractivity contribution in [2.45, 2.75) is 19.8 Å². The Kier molecular flexibility index (Phi) is 2.00. The molecule has 0 aromatic carbocycles. The molecule has 0 aliphatic heterocycles. The van der Waals surface area contributed by atoms with Crippen molar-refractivity contribution in [2.75, 3.05) is 12.4 Å². The summed E-state index contributed by atoms with van der Waals surface area (Å²) in [6.07, 6.45) is 2.05. The summed E-state index contributed by atoms with van der Waals surface area (Å²) in [7, 11) is 1.94. The Morgan fingerprint density at radius 2 is 2.31 bits per heavy atom. The molecule has 0 saturated heterocycles. The Morgan fingerprint density at radius 1 is 1.54 bits per heavy atom. The molecule has 0 atom stereocenters. The number of fused-ring (bicyclic) bond motifs is 1. The van der Waals surface area contributed by atoms with Gasteiger partial charge < -0.3 is 5.32 Å². The van der Waals surface area contributed by atoms with Crippen molar-refractivity contribution in [3.05, 3.63) is 17.3 Å². The first-order valence-electron chi connectivity index (χ1n) is 4.37. The zero-order chi connectivity index (χ0) is 9.42. The predicted molar refractivity (Wildman–Crippen MR) is 56.7 cm³/mol. The van der Waals surface area contributed by atoms with E-state index < -0.39 is 0 Å². The lowest BCUT2D eigenvalue weighted by molar-refractivity contribution is 0.836. The van der Waals surface area contributed by atoms with Gasteiger partial charge in [-0.3, -0.25) is 4.40 Å². The minimum Gasteiger partial charge on any atom is -0.373 e. The minimum absolute atomic E-state index is 0.467. The molecule has 13 heavy (non-hydrogen) atoms. The maximum absolute atomic E-state index is 4.56. The Hall–Kier alpha value is -1.03. The van der Waals surface area contributed by atoms with Crippen LogP contribution in [0.2, 0.25) is 0 Å². The van der Waals surface area contributed by atoms with Gasteiger partial charge in [0.05, 0.1) is 5.69 Å². The van der Waals surface area contributed by atoms with Gasteiger partial charge in [0.15, 0.2) is 4.96 Å². The Balaban J connectivity index is 2.67. The number of rotatable bonds is 2. The maximum Gasteiger partial charge on any atom is 0.195 e. The summed E-state index contributed by atoms with van der Waals surface area (Å²) in [4.78, 5) is 5.63. The van der Waals surface area contributed by atoms with Crippen molar-refractivity contribution in [3.63, 3.8) is 0 Å². The summed E-state index contributed by atoms with van der Waals surface area (Å²) in [5, 5.41) is 5.24. The quantitative estimate of drug-likeness (QED) is 0.798. The van der Waals surface area contributed by atoms with Crippen molar-refractivity contribution in [1.29, 1.82) is 0 Å². The highest BCUT2D eigenvalue weighted by Crippen LogP contribution is 2.26. The SMILES string of the molecule is CNc1c(C(C)C)nc2sccn12. The summed E-state index contributed by atoms with van der Waals surface area (Å²) >= 11 is 1.67. The number of hydrogen-bond acceptors (Lipinski definition) is 3. The highest BCUT2D eigenvalue weighted by molar-refractivity contribution is 7.15. The summed E-state index contributed by atoms with van der Waals surface area (Å²) in [6.45, 7) is 4.32. The number of nitrogens with zero attached hydrogens (tertiary/aromatic N) is 2. The van der Waals surface area contributed by atoms with Gasteiger partial charge >= 0.3 is 0 Å². The van der Waals surface area contributed by atoms with E-state index in [9.17, 15) is 0 Å². The molecule has 2 aromatic heterocycles. The van der Waals surface area contributed by atoms with Crippen LogP contribution in [0.5, 0.6) is 0 Å². The zero-order valence-electron chi connectivity index (χ0n) is 8.03. The highest BCUT2D eigenvalue weighted by atomic mass is 32.1. The van der Waals surface area contributed by atoms with Gasteiger partial charge in [-0.15, -0.1) is 11.3 Å². The largest absolute Gasteiger partial charge is 0.373 e. The van der Waals surface area contributed by atoms with Crippen molar-refractivity contribution >= 4 is 22.1 Å². The normalized spacial score (nSPS) is 11.4. The van der Waals surface area contributed by atoms with E-state index in [-0.39, 0.29) is 0 Å². The first-order chi connectivity index (χ1) is 6.24. The van der Waals surface area contributed by atoms with Crippen LogP contribution in [0.15, 0.2) is 11.6 Å². The average molecular weight is 195 g/mol. The number of imidazole rings is 1. The van der Waals surface area contributed by atoms with Crippen LogP contribution in [0, 0.1) is 0 Å². The lowest BCUT2D eigenvalue weighted by atomic mass is 10.1. The standard InChI is InChI=1S/C9H13N3S/c1-6(2)7-8(10-3)12-4-5-13-9(12)11-7/h4-6,10H,1-3H3. The molecule has 0 unspecified atom stereocenters. The molecule has 2 aromatic rings. The van der Waals surface area contributed by atoms with E-state index in [0.717, 1.165) is 16.5 Å². The molecular weight excluding hydrogens is 182 g/mol. The third kappa shape index (κ3) is 1.21. The minimum atomic E-state index is 0.467. The number of aromatic nitrogens is 2. The van der Waals surface area contributed by atoms with E-state index in [1.807, 2.05) is 18.6 Å². The molecule has 70 valence electrons. The van der Waals surface area contributed by atoms with Crippen molar-refractivity contribution in [3.8, 4) is 0 Å². The Morgan fingerprint density at radius 3 is 2.92 bits per heavy atom. The van der Waals surface area contributed by atoms with Crippen molar-refractivity contribution < 1.29 is 0 Å². The lowest BCUT2D eigenvalue weighted by Gasteiger charge is -2.04. The predicted octanol–water partition coefficient (Wildman–Crippen LogP) is 2.56. The molecule has 0 fully saturated rings. The maximum atomic E-state index is 4.56. The molecule has 2 heterocycles. The Bertz CT molecular complexity index is 413. The monoisotopic (exact) mass is 195 g/mol. The van der Waals surface area contributed by atoms with Crippen molar-refractivity contribution in [2.24, 2.45) is 0 Å². The van der Waals surface area contributed by atoms with Gasteiger partial charge in [-0.05, 0) is 5.92 Å². The van der Waals surface area contributed by atoms with Crippen LogP contribution < -0.4 is 5.32 Å². The summed E-state index contributed by atoms with van der Waals surface area (Å²) in [6, 6.07) is 0. The lowest BCUT2D eigenvalue weighted by Crippen LogP contribution is -1.98. The van der Waals surface area contributed by atoms with E-state index in [1.165, 1.54) is 0 Å². The second kappa shape index (κ2) is 3.03. The zero-order valence-corrected chi connectivity index (χ0v) is 8.85. The second-order valence-electron chi connectivity index (χ2n) is 3.31. The molecule has 0 bridgehead atoms. The molecular formula is C9H13N3S.